The predicted molar refractivity (Wildman–Crippen MR) is 78.0 cm³/mol. The monoisotopic (exact) mass is 308 g/mol. The zero-order valence-electron chi connectivity index (χ0n) is 12.8. The lowest BCUT2D eigenvalue weighted by molar-refractivity contribution is -0.193. The number of rotatable bonds is 4. The molecule has 1 aromatic rings. The third-order valence-corrected chi connectivity index (χ3v) is 4.23. The van der Waals surface area contributed by atoms with Gasteiger partial charge in [-0.2, -0.15) is 0 Å². The summed E-state index contributed by atoms with van der Waals surface area (Å²) in [5.74, 6) is -0.227. The Morgan fingerprint density at radius 3 is 3.14 bits per heavy atom. The van der Waals surface area contributed by atoms with Crippen molar-refractivity contribution in [3.63, 3.8) is 0 Å². The lowest BCUT2D eigenvalue weighted by atomic mass is 9.84. The van der Waals surface area contributed by atoms with Gasteiger partial charge in [0.2, 0.25) is 5.91 Å². The number of carbonyl (C=O) groups is 1. The van der Waals surface area contributed by atoms with Gasteiger partial charge in [0.05, 0.1) is 19.7 Å². The minimum atomic E-state index is -0.448. The topological polar surface area (TPSA) is 51.7 Å². The molecular formula is C16H21FN2O3. The number of pyridine rings is 1. The molecule has 120 valence electrons. The number of likely N-dealkylation sites (tertiary alicyclic amines) is 1. The smallest absolute Gasteiger partial charge is 0.250 e. The highest BCUT2D eigenvalue weighted by atomic mass is 19.1. The van der Waals surface area contributed by atoms with E-state index in [9.17, 15) is 9.18 Å². The molecule has 1 amide bonds. The van der Waals surface area contributed by atoms with Crippen LogP contribution in [0.2, 0.25) is 0 Å². The summed E-state index contributed by atoms with van der Waals surface area (Å²) in [5.41, 5.74) is -0.322. The van der Waals surface area contributed by atoms with Crippen LogP contribution < -0.4 is 4.74 Å². The van der Waals surface area contributed by atoms with Gasteiger partial charge in [0.25, 0.3) is 5.88 Å². The highest BCUT2D eigenvalue weighted by Crippen LogP contribution is 2.36. The molecule has 1 spiro atoms. The predicted octanol–water partition coefficient (Wildman–Crippen LogP) is 2.16. The summed E-state index contributed by atoms with van der Waals surface area (Å²) in [5, 5.41) is 0. The first kappa shape index (κ1) is 15.2. The fourth-order valence-corrected chi connectivity index (χ4v) is 3.12. The van der Waals surface area contributed by atoms with Crippen LogP contribution in [0.1, 0.15) is 32.6 Å². The van der Waals surface area contributed by atoms with Gasteiger partial charge in [-0.05, 0) is 18.6 Å². The number of halogens is 1. The third kappa shape index (κ3) is 3.06. The Balaban J connectivity index is 1.57. The third-order valence-electron chi connectivity index (χ3n) is 4.23. The minimum Gasteiger partial charge on any atom is -0.472 e. The molecule has 2 aliphatic rings. The van der Waals surface area contributed by atoms with Crippen molar-refractivity contribution in [1.82, 2.24) is 9.88 Å². The van der Waals surface area contributed by atoms with E-state index in [1.807, 2.05) is 11.8 Å². The number of nitrogens with zero attached hydrogens (tertiary/aromatic N) is 2. The van der Waals surface area contributed by atoms with E-state index in [1.165, 1.54) is 18.3 Å². The van der Waals surface area contributed by atoms with Gasteiger partial charge in [0.15, 0.2) is 5.82 Å². The quantitative estimate of drug-likeness (QED) is 0.855. The van der Waals surface area contributed by atoms with E-state index >= 15 is 0 Å². The van der Waals surface area contributed by atoms with Crippen molar-refractivity contribution in [2.45, 2.75) is 44.3 Å². The van der Waals surface area contributed by atoms with Crippen LogP contribution in [-0.4, -0.2) is 47.2 Å². The normalized spacial score (nSPS) is 23.2. The Hall–Kier alpha value is -1.69. The maximum Gasteiger partial charge on any atom is 0.250 e. The van der Waals surface area contributed by atoms with Crippen LogP contribution in [0.5, 0.6) is 5.88 Å². The van der Waals surface area contributed by atoms with Gasteiger partial charge in [-0.3, -0.25) is 4.79 Å². The van der Waals surface area contributed by atoms with Crippen LogP contribution in [-0.2, 0) is 9.53 Å². The summed E-state index contributed by atoms with van der Waals surface area (Å²) in [6.07, 6.45) is 4.20. The lowest BCUT2D eigenvalue weighted by Gasteiger charge is -2.52. The molecule has 6 heteroatoms. The molecule has 0 bridgehead atoms. The van der Waals surface area contributed by atoms with E-state index in [1.54, 1.807) is 0 Å². The van der Waals surface area contributed by atoms with Crippen LogP contribution in [0.3, 0.4) is 0 Å². The zero-order chi connectivity index (χ0) is 15.6. The Morgan fingerprint density at radius 2 is 2.41 bits per heavy atom. The van der Waals surface area contributed by atoms with Crippen molar-refractivity contribution >= 4 is 5.91 Å². The summed E-state index contributed by atoms with van der Waals surface area (Å²) in [7, 11) is 0. The molecule has 0 N–H and O–H groups in total. The summed E-state index contributed by atoms with van der Waals surface area (Å²) in [6.45, 7) is 3.78. The molecule has 5 nitrogen and oxygen atoms in total. The SMILES string of the molecule is CCCC(=O)N1CC2(CC(Oc3ncccc3F)CCO2)C1. The van der Waals surface area contributed by atoms with E-state index in [2.05, 4.69) is 4.98 Å². The van der Waals surface area contributed by atoms with Gasteiger partial charge >= 0.3 is 0 Å². The van der Waals surface area contributed by atoms with Crippen molar-refractivity contribution in [1.29, 1.82) is 0 Å². The molecule has 3 rings (SSSR count). The molecule has 0 saturated carbocycles. The molecule has 2 saturated heterocycles. The highest BCUT2D eigenvalue weighted by Gasteiger charge is 2.49. The second kappa shape index (κ2) is 6.20. The average Bonchev–Trinajstić information content (AvgIpc) is 2.47. The van der Waals surface area contributed by atoms with E-state index < -0.39 is 5.82 Å². The molecule has 22 heavy (non-hydrogen) atoms. The first-order valence-electron chi connectivity index (χ1n) is 7.81. The van der Waals surface area contributed by atoms with E-state index in [4.69, 9.17) is 9.47 Å². The van der Waals surface area contributed by atoms with Crippen molar-refractivity contribution in [2.24, 2.45) is 0 Å². The molecule has 1 atom stereocenters. The molecule has 1 aromatic heterocycles. The van der Waals surface area contributed by atoms with Crippen LogP contribution in [0, 0.1) is 5.82 Å². The number of aromatic nitrogens is 1. The number of hydrogen-bond acceptors (Lipinski definition) is 4. The van der Waals surface area contributed by atoms with E-state index in [0.717, 1.165) is 6.42 Å². The zero-order valence-corrected chi connectivity index (χ0v) is 12.8. The standard InChI is InChI=1S/C16H21FN2O3/c1-2-4-14(20)19-10-16(11-19)9-12(6-8-21-16)22-15-13(17)5-3-7-18-15/h3,5,7,12H,2,4,6,8-11H2,1H3. The Kier molecular flexibility index (Phi) is 4.29. The van der Waals surface area contributed by atoms with Gasteiger partial charge in [0, 0.05) is 25.5 Å². The molecule has 1 unspecified atom stereocenters. The molecule has 0 aliphatic carbocycles. The second-order valence-electron chi connectivity index (χ2n) is 6.05. The van der Waals surface area contributed by atoms with Crippen LogP contribution in [0.25, 0.3) is 0 Å². The van der Waals surface area contributed by atoms with Crippen molar-refractivity contribution in [3.8, 4) is 5.88 Å². The summed E-state index contributed by atoms with van der Waals surface area (Å²) < 4.78 is 25.2. The van der Waals surface area contributed by atoms with Crippen molar-refractivity contribution < 1.29 is 18.7 Å². The van der Waals surface area contributed by atoms with Gasteiger partial charge in [0.1, 0.15) is 11.7 Å². The Labute approximate surface area is 129 Å². The Morgan fingerprint density at radius 1 is 1.59 bits per heavy atom. The maximum atomic E-state index is 13.6. The summed E-state index contributed by atoms with van der Waals surface area (Å²) in [6, 6.07) is 2.88. The number of hydrogen-bond donors (Lipinski definition) is 0. The van der Waals surface area contributed by atoms with Gasteiger partial charge in [-0.25, -0.2) is 9.37 Å². The average molecular weight is 308 g/mol. The molecule has 0 radical (unpaired) electrons. The fourth-order valence-electron chi connectivity index (χ4n) is 3.12. The second-order valence-corrected chi connectivity index (χ2v) is 6.05. The number of carbonyl (C=O) groups excluding carboxylic acids is 1. The largest absolute Gasteiger partial charge is 0.472 e. The summed E-state index contributed by atoms with van der Waals surface area (Å²) in [4.78, 5) is 17.6. The van der Waals surface area contributed by atoms with Crippen LogP contribution in [0.15, 0.2) is 18.3 Å². The fraction of sp³-hybridized carbons (Fsp3) is 0.625. The molecule has 0 aromatic carbocycles. The minimum absolute atomic E-state index is 0.0442. The van der Waals surface area contributed by atoms with Crippen molar-refractivity contribution in [3.05, 3.63) is 24.1 Å². The van der Waals surface area contributed by atoms with Crippen LogP contribution >= 0.6 is 0 Å². The van der Waals surface area contributed by atoms with Crippen molar-refractivity contribution in [2.75, 3.05) is 19.7 Å². The maximum absolute atomic E-state index is 13.6. The molecular weight excluding hydrogens is 287 g/mol. The molecule has 2 fully saturated rings. The molecule has 2 aliphatic heterocycles. The van der Waals surface area contributed by atoms with Crippen LogP contribution in [0.4, 0.5) is 4.39 Å². The van der Waals surface area contributed by atoms with Gasteiger partial charge in [-0.15, -0.1) is 0 Å². The van der Waals surface area contributed by atoms with E-state index in [-0.39, 0.29) is 23.5 Å². The highest BCUT2D eigenvalue weighted by molar-refractivity contribution is 5.77. The number of ether oxygens (including phenoxy) is 2. The molecule has 3 heterocycles. The van der Waals surface area contributed by atoms with Gasteiger partial charge < -0.3 is 14.4 Å². The Bertz CT molecular complexity index is 546. The van der Waals surface area contributed by atoms with E-state index in [0.29, 0.717) is 39.0 Å². The first-order valence-corrected chi connectivity index (χ1v) is 7.81. The number of amides is 1. The lowest BCUT2D eigenvalue weighted by Crippen LogP contribution is -2.67. The first-order chi connectivity index (χ1) is 10.6. The summed E-state index contributed by atoms with van der Waals surface area (Å²) >= 11 is 0. The van der Waals surface area contributed by atoms with Gasteiger partial charge in [-0.1, -0.05) is 6.92 Å².